The van der Waals surface area contributed by atoms with Gasteiger partial charge in [-0.1, -0.05) is 44.8 Å². The molecule has 3 aromatic rings. The average molecular weight is 356 g/mol. The number of benzene rings is 1. The van der Waals surface area contributed by atoms with Crippen LogP contribution in [0.4, 0.5) is 5.88 Å². The molecule has 0 unspecified atom stereocenters. The summed E-state index contributed by atoms with van der Waals surface area (Å²) in [6.45, 7) is 0. The number of hydrogen-bond acceptors (Lipinski definition) is 4. The summed E-state index contributed by atoms with van der Waals surface area (Å²) in [5.41, 5.74) is 8.31. The van der Waals surface area contributed by atoms with Crippen molar-refractivity contribution < 1.29 is 4.52 Å². The number of hydrogen-bond donors (Lipinski definition) is 1. The zero-order valence-corrected chi connectivity index (χ0v) is 12.7. The summed E-state index contributed by atoms with van der Waals surface area (Å²) in [4.78, 5) is 1.02. The van der Waals surface area contributed by atoms with Gasteiger partial charge in [-0.15, -0.1) is 11.3 Å². The van der Waals surface area contributed by atoms with E-state index in [9.17, 15) is 0 Å². The molecule has 2 heterocycles. The predicted octanol–water partition coefficient (Wildman–Crippen LogP) is 5.07. The van der Waals surface area contributed by atoms with Crippen LogP contribution in [0, 0.1) is 0 Å². The van der Waals surface area contributed by atoms with Crippen molar-refractivity contribution in [2.24, 2.45) is 0 Å². The standard InChI is InChI=1S/C13H8BrClN2OS/c14-9-6-7(15)3-4-8(9)12-11(13(16)18-17-12)10-2-1-5-19-10/h1-6H,16H2. The van der Waals surface area contributed by atoms with Crippen molar-refractivity contribution >= 4 is 44.8 Å². The van der Waals surface area contributed by atoms with Crippen LogP contribution in [0.2, 0.25) is 5.02 Å². The van der Waals surface area contributed by atoms with Crippen LogP contribution < -0.4 is 5.73 Å². The Morgan fingerprint density at radius 1 is 1.32 bits per heavy atom. The topological polar surface area (TPSA) is 52.0 Å². The van der Waals surface area contributed by atoms with Gasteiger partial charge in [-0.3, -0.25) is 0 Å². The maximum atomic E-state index is 5.95. The highest BCUT2D eigenvalue weighted by Gasteiger charge is 2.19. The molecule has 0 spiro atoms. The Morgan fingerprint density at radius 3 is 2.84 bits per heavy atom. The molecule has 3 nitrogen and oxygen atoms in total. The van der Waals surface area contributed by atoms with Crippen LogP contribution in [0.5, 0.6) is 0 Å². The molecule has 1 aromatic carbocycles. The van der Waals surface area contributed by atoms with Gasteiger partial charge in [0, 0.05) is 19.9 Å². The second-order valence-corrected chi connectivity index (χ2v) is 6.11. The lowest BCUT2D eigenvalue weighted by molar-refractivity contribution is 0.439. The van der Waals surface area contributed by atoms with Gasteiger partial charge >= 0.3 is 0 Å². The van der Waals surface area contributed by atoms with Crippen molar-refractivity contribution in [2.75, 3.05) is 5.73 Å². The number of nitrogens with two attached hydrogens (primary N) is 1. The van der Waals surface area contributed by atoms with Gasteiger partial charge in [-0.2, -0.15) is 0 Å². The van der Waals surface area contributed by atoms with Gasteiger partial charge < -0.3 is 10.3 Å². The van der Waals surface area contributed by atoms with Crippen LogP contribution in [-0.4, -0.2) is 5.16 Å². The molecule has 19 heavy (non-hydrogen) atoms. The Labute approximate surface area is 127 Å². The SMILES string of the molecule is Nc1onc(-c2ccc(Cl)cc2Br)c1-c1cccs1. The highest BCUT2D eigenvalue weighted by atomic mass is 79.9. The lowest BCUT2D eigenvalue weighted by Gasteiger charge is -2.03. The molecule has 96 valence electrons. The van der Waals surface area contributed by atoms with E-state index in [4.69, 9.17) is 21.9 Å². The van der Waals surface area contributed by atoms with Crippen molar-refractivity contribution in [3.63, 3.8) is 0 Å². The fourth-order valence-electron chi connectivity index (χ4n) is 1.83. The van der Waals surface area contributed by atoms with E-state index in [1.807, 2.05) is 35.7 Å². The second kappa shape index (κ2) is 5.00. The van der Waals surface area contributed by atoms with Crippen molar-refractivity contribution in [1.29, 1.82) is 0 Å². The molecule has 0 radical (unpaired) electrons. The van der Waals surface area contributed by atoms with Gasteiger partial charge in [0.1, 0.15) is 5.69 Å². The normalized spacial score (nSPS) is 10.8. The summed E-state index contributed by atoms with van der Waals surface area (Å²) in [5, 5.41) is 6.71. The Morgan fingerprint density at radius 2 is 2.16 bits per heavy atom. The molecule has 0 saturated carbocycles. The number of rotatable bonds is 2. The first-order valence-electron chi connectivity index (χ1n) is 5.41. The van der Waals surface area contributed by atoms with Crippen molar-refractivity contribution in [2.45, 2.75) is 0 Å². The van der Waals surface area contributed by atoms with Gasteiger partial charge in [-0.25, -0.2) is 0 Å². The molecule has 0 fully saturated rings. The number of aromatic nitrogens is 1. The van der Waals surface area contributed by atoms with E-state index < -0.39 is 0 Å². The van der Waals surface area contributed by atoms with Crippen LogP contribution in [-0.2, 0) is 0 Å². The monoisotopic (exact) mass is 354 g/mol. The summed E-state index contributed by atoms with van der Waals surface area (Å²) in [5.74, 6) is 0.319. The van der Waals surface area contributed by atoms with Gasteiger partial charge in [0.25, 0.3) is 0 Å². The molecule has 0 aliphatic rings. The van der Waals surface area contributed by atoms with Crippen molar-refractivity contribution in [3.05, 3.63) is 45.2 Å². The lowest BCUT2D eigenvalue weighted by atomic mass is 10.1. The summed E-state index contributed by atoms with van der Waals surface area (Å²) < 4.78 is 5.99. The fraction of sp³-hybridized carbons (Fsp3) is 0. The first-order chi connectivity index (χ1) is 9.16. The quantitative estimate of drug-likeness (QED) is 0.698. The maximum absolute atomic E-state index is 5.95. The predicted molar refractivity (Wildman–Crippen MR) is 82.4 cm³/mol. The van der Waals surface area contributed by atoms with Gasteiger partial charge in [0.05, 0.1) is 5.56 Å². The molecule has 6 heteroatoms. The van der Waals surface area contributed by atoms with E-state index in [-0.39, 0.29) is 0 Å². The van der Waals surface area contributed by atoms with E-state index in [1.54, 1.807) is 11.3 Å². The zero-order valence-electron chi connectivity index (χ0n) is 9.56. The lowest BCUT2D eigenvalue weighted by Crippen LogP contribution is -1.86. The van der Waals surface area contributed by atoms with E-state index in [1.165, 1.54) is 0 Å². The van der Waals surface area contributed by atoms with Crippen LogP contribution >= 0.6 is 38.9 Å². The Bertz CT molecular complexity index is 724. The highest BCUT2D eigenvalue weighted by Crippen LogP contribution is 2.41. The maximum Gasteiger partial charge on any atom is 0.231 e. The fourth-order valence-corrected chi connectivity index (χ4v) is 3.47. The van der Waals surface area contributed by atoms with E-state index in [0.29, 0.717) is 16.6 Å². The molecule has 3 rings (SSSR count). The third kappa shape index (κ3) is 2.29. The minimum atomic E-state index is 0.319. The largest absolute Gasteiger partial charge is 0.367 e. The molecule has 0 aliphatic heterocycles. The molecule has 0 aliphatic carbocycles. The first-order valence-corrected chi connectivity index (χ1v) is 7.46. The molecular formula is C13H8BrClN2OS. The van der Waals surface area contributed by atoms with Gasteiger partial charge in [0.15, 0.2) is 0 Å². The van der Waals surface area contributed by atoms with Gasteiger partial charge in [-0.05, 0) is 23.6 Å². The van der Waals surface area contributed by atoms with Crippen molar-refractivity contribution in [1.82, 2.24) is 5.16 Å². The van der Waals surface area contributed by atoms with Crippen LogP contribution in [0.3, 0.4) is 0 Å². The van der Waals surface area contributed by atoms with Gasteiger partial charge in [0.2, 0.25) is 5.88 Å². The molecular weight excluding hydrogens is 348 g/mol. The number of nitrogens with zero attached hydrogens (tertiary/aromatic N) is 1. The summed E-state index contributed by atoms with van der Waals surface area (Å²) in [6, 6.07) is 9.47. The zero-order chi connectivity index (χ0) is 13.4. The Kier molecular flexibility index (Phi) is 3.35. The molecule has 2 aromatic heterocycles. The molecule has 0 bridgehead atoms. The van der Waals surface area contributed by atoms with Crippen LogP contribution in [0.1, 0.15) is 0 Å². The molecule has 0 saturated heterocycles. The number of nitrogen functional groups attached to an aromatic ring is 1. The molecule has 0 atom stereocenters. The van der Waals surface area contributed by atoms with Crippen LogP contribution in [0.25, 0.3) is 21.7 Å². The Balaban J connectivity index is 2.21. The first kappa shape index (κ1) is 12.7. The number of thiophene rings is 1. The minimum absolute atomic E-state index is 0.319. The summed E-state index contributed by atoms with van der Waals surface area (Å²) in [6.07, 6.45) is 0. The number of halogens is 2. The highest BCUT2D eigenvalue weighted by molar-refractivity contribution is 9.10. The van der Waals surface area contributed by atoms with Crippen LogP contribution in [0.15, 0.2) is 44.7 Å². The van der Waals surface area contributed by atoms with E-state index in [0.717, 1.165) is 20.5 Å². The second-order valence-electron chi connectivity index (χ2n) is 3.87. The number of anilines is 1. The third-order valence-electron chi connectivity index (χ3n) is 2.67. The summed E-state index contributed by atoms with van der Waals surface area (Å²) in [7, 11) is 0. The van der Waals surface area contributed by atoms with E-state index >= 15 is 0 Å². The Hall–Kier alpha value is -1.30. The summed E-state index contributed by atoms with van der Waals surface area (Å²) >= 11 is 11.0. The third-order valence-corrected chi connectivity index (χ3v) is 4.45. The molecule has 2 N–H and O–H groups in total. The average Bonchev–Trinajstić information content (AvgIpc) is 2.98. The van der Waals surface area contributed by atoms with E-state index in [2.05, 4.69) is 21.1 Å². The smallest absolute Gasteiger partial charge is 0.231 e. The minimum Gasteiger partial charge on any atom is -0.367 e. The molecule has 0 amide bonds. The van der Waals surface area contributed by atoms with Crippen molar-refractivity contribution in [3.8, 4) is 21.7 Å².